The van der Waals surface area contributed by atoms with Gasteiger partial charge in [-0.3, -0.25) is 0 Å². The quantitative estimate of drug-likeness (QED) is 0.596. The highest BCUT2D eigenvalue weighted by molar-refractivity contribution is 5.33. The van der Waals surface area contributed by atoms with Crippen molar-refractivity contribution in [2.45, 2.75) is 6.42 Å². The molecule has 0 aliphatic rings. The molecule has 0 heterocycles. The Morgan fingerprint density at radius 3 is 3.18 bits per heavy atom. The molecule has 0 amide bonds. The fourth-order valence-electron chi connectivity index (χ4n) is 0.951. The molecule has 0 atom stereocenters. The molecule has 1 aromatic rings. The van der Waals surface area contributed by atoms with Crippen LogP contribution in [0, 0.1) is 6.07 Å². The van der Waals surface area contributed by atoms with Gasteiger partial charge in [0.05, 0.1) is 7.11 Å². The van der Waals surface area contributed by atoms with Crippen LogP contribution in [0.4, 0.5) is 0 Å². The first kappa shape index (κ1) is 7.86. The molecule has 57 valence electrons. The van der Waals surface area contributed by atoms with Crippen LogP contribution in [0.25, 0.3) is 0 Å². The van der Waals surface area contributed by atoms with Gasteiger partial charge in [-0.15, -0.1) is 6.58 Å². The predicted molar refractivity (Wildman–Crippen MR) is 45.7 cm³/mol. The average molecular weight is 147 g/mol. The minimum Gasteiger partial charge on any atom is -0.496 e. The van der Waals surface area contributed by atoms with Crippen LogP contribution < -0.4 is 4.74 Å². The fourth-order valence-corrected chi connectivity index (χ4v) is 0.951. The minimum atomic E-state index is 0.810. The molecule has 11 heavy (non-hydrogen) atoms. The molecule has 1 heteroatoms. The number of rotatable bonds is 3. The minimum absolute atomic E-state index is 0.810. The third-order valence-electron chi connectivity index (χ3n) is 1.47. The van der Waals surface area contributed by atoms with Gasteiger partial charge in [0.25, 0.3) is 0 Å². The van der Waals surface area contributed by atoms with E-state index in [-0.39, 0.29) is 0 Å². The summed E-state index contributed by atoms with van der Waals surface area (Å²) in [6.07, 6.45) is 2.65. The molecule has 0 aliphatic carbocycles. The van der Waals surface area contributed by atoms with Gasteiger partial charge in [-0.25, -0.2) is 0 Å². The van der Waals surface area contributed by atoms with Crippen molar-refractivity contribution in [1.29, 1.82) is 0 Å². The van der Waals surface area contributed by atoms with E-state index in [4.69, 9.17) is 4.74 Å². The standard InChI is InChI=1S/C10H11O/c1-3-6-9-7-4-5-8-10(9)11-2/h3-5,8H,1,6H2,2H3. The van der Waals surface area contributed by atoms with Crippen LogP contribution in [0.5, 0.6) is 5.75 Å². The summed E-state index contributed by atoms with van der Waals surface area (Å²) in [4.78, 5) is 0. The Morgan fingerprint density at radius 2 is 2.55 bits per heavy atom. The van der Waals surface area contributed by atoms with E-state index in [9.17, 15) is 0 Å². The maximum Gasteiger partial charge on any atom is 0.122 e. The van der Waals surface area contributed by atoms with Crippen molar-refractivity contribution in [3.05, 3.63) is 42.5 Å². The van der Waals surface area contributed by atoms with Crippen LogP contribution in [0.15, 0.2) is 30.9 Å². The predicted octanol–water partition coefficient (Wildman–Crippen LogP) is 2.22. The smallest absolute Gasteiger partial charge is 0.122 e. The largest absolute Gasteiger partial charge is 0.496 e. The molecule has 0 aliphatic heterocycles. The van der Waals surface area contributed by atoms with E-state index in [1.54, 1.807) is 7.11 Å². The van der Waals surface area contributed by atoms with Crippen LogP contribution >= 0.6 is 0 Å². The van der Waals surface area contributed by atoms with Gasteiger partial charge in [0.1, 0.15) is 5.75 Å². The van der Waals surface area contributed by atoms with Crippen molar-refractivity contribution in [2.24, 2.45) is 0 Å². The Morgan fingerprint density at radius 1 is 1.73 bits per heavy atom. The van der Waals surface area contributed by atoms with Gasteiger partial charge in [-0.2, -0.15) is 0 Å². The molecule has 0 saturated heterocycles. The first-order chi connectivity index (χ1) is 5.38. The Bertz CT molecular complexity index is 240. The molecule has 0 N–H and O–H groups in total. The summed E-state index contributed by atoms with van der Waals surface area (Å²) in [6.45, 7) is 3.66. The maximum absolute atomic E-state index is 5.12. The van der Waals surface area contributed by atoms with E-state index in [1.807, 2.05) is 24.3 Å². The Kier molecular flexibility index (Phi) is 2.73. The summed E-state index contributed by atoms with van der Waals surface area (Å²) in [5, 5.41) is 0. The lowest BCUT2D eigenvalue weighted by Gasteiger charge is -2.03. The van der Waals surface area contributed by atoms with Crippen LogP contribution in [0.2, 0.25) is 0 Å². The maximum atomic E-state index is 5.12. The summed E-state index contributed by atoms with van der Waals surface area (Å²) in [7, 11) is 1.66. The first-order valence-electron chi connectivity index (χ1n) is 3.53. The number of hydrogen-bond acceptors (Lipinski definition) is 1. The van der Waals surface area contributed by atoms with Gasteiger partial charge in [0.15, 0.2) is 0 Å². The second-order valence-electron chi connectivity index (χ2n) is 2.21. The van der Waals surface area contributed by atoms with Crippen molar-refractivity contribution < 1.29 is 4.74 Å². The molecular formula is C10H11O. The average Bonchev–Trinajstić information content (AvgIpc) is 2.06. The first-order valence-corrected chi connectivity index (χ1v) is 3.53. The van der Waals surface area contributed by atoms with Crippen molar-refractivity contribution in [1.82, 2.24) is 0 Å². The fraction of sp³-hybridized carbons (Fsp3) is 0.200. The van der Waals surface area contributed by atoms with Gasteiger partial charge >= 0.3 is 0 Å². The molecule has 0 saturated carbocycles. The van der Waals surface area contributed by atoms with E-state index in [0.29, 0.717) is 0 Å². The van der Waals surface area contributed by atoms with E-state index < -0.39 is 0 Å². The van der Waals surface area contributed by atoms with Gasteiger partial charge in [-0.05, 0) is 18.6 Å². The molecule has 1 radical (unpaired) electrons. The highest BCUT2D eigenvalue weighted by Gasteiger charge is 1.97. The molecule has 0 bridgehead atoms. The zero-order chi connectivity index (χ0) is 8.10. The van der Waals surface area contributed by atoms with E-state index >= 15 is 0 Å². The van der Waals surface area contributed by atoms with Crippen LogP contribution in [0.1, 0.15) is 5.56 Å². The van der Waals surface area contributed by atoms with E-state index in [0.717, 1.165) is 17.7 Å². The molecule has 0 aromatic heterocycles. The van der Waals surface area contributed by atoms with Crippen LogP contribution in [-0.4, -0.2) is 7.11 Å². The Labute approximate surface area is 67.3 Å². The molecule has 1 nitrogen and oxygen atoms in total. The van der Waals surface area contributed by atoms with Crippen molar-refractivity contribution in [3.63, 3.8) is 0 Å². The van der Waals surface area contributed by atoms with Gasteiger partial charge in [0, 0.05) is 5.56 Å². The van der Waals surface area contributed by atoms with E-state index in [2.05, 4.69) is 12.6 Å². The second-order valence-corrected chi connectivity index (χ2v) is 2.21. The summed E-state index contributed by atoms with van der Waals surface area (Å²) in [5.41, 5.74) is 1.06. The third-order valence-corrected chi connectivity index (χ3v) is 1.47. The lowest BCUT2D eigenvalue weighted by Crippen LogP contribution is -1.89. The third kappa shape index (κ3) is 1.84. The molecule has 0 fully saturated rings. The van der Waals surface area contributed by atoms with Crippen molar-refractivity contribution in [2.75, 3.05) is 7.11 Å². The van der Waals surface area contributed by atoms with Crippen molar-refractivity contribution in [3.8, 4) is 5.75 Å². The van der Waals surface area contributed by atoms with Gasteiger partial charge in [0.2, 0.25) is 0 Å². The summed E-state index contributed by atoms with van der Waals surface area (Å²) in [5.74, 6) is 0.882. The van der Waals surface area contributed by atoms with E-state index in [1.165, 1.54) is 0 Å². The summed E-state index contributed by atoms with van der Waals surface area (Å²) >= 11 is 0. The normalized spacial score (nSPS) is 9.18. The molecule has 0 spiro atoms. The Hall–Kier alpha value is -1.24. The highest BCUT2D eigenvalue weighted by Crippen LogP contribution is 2.16. The SMILES string of the molecule is C=CCc1[c]cccc1OC. The lowest BCUT2D eigenvalue weighted by atomic mass is 10.1. The monoisotopic (exact) mass is 147 g/mol. The Balaban J connectivity index is 2.92. The highest BCUT2D eigenvalue weighted by atomic mass is 16.5. The van der Waals surface area contributed by atoms with Crippen molar-refractivity contribution >= 4 is 0 Å². The number of hydrogen-bond donors (Lipinski definition) is 0. The van der Waals surface area contributed by atoms with Gasteiger partial charge < -0.3 is 4.74 Å². The van der Waals surface area contributed by atoms with Crippen LogP contribution in [-0.2, 0) is 6.42 Å². The summed E-state index contributed by atoms with van der Waals surface area (Å²) in [6, 6.07) is 8.80. The zero-order valence-electron chi connectivity index (χ0n) is 6.63. The molecular weight excluding hydrogens is 136 g/mol. The zero-order valence-corrected chi connectivity index (χ0v) is 6.63. The van der Waals surface area contributed by atoms with Crippen LogP contribution in [0.3, 0.4) is 0 Å². The molecule has 1 rings (SSSR count). The topological polar surface area (TPSA) is 9.23 Å². The lowest BCUT2D eigenvalue weighted by molar-refractivity contribution is 0.410. The number of allylic oxidation sites excluding steroid dienone is 1. The molecule has 1 aromatic carbocycles. The number of benzene rings is 1. The number of ether oxygens (including phenoxy) is 1. The van der Waals surface area contributed by atoms with Gasteiger partial charge in [-0.1, -0.05) is 18.2 Å². The molecule has 0 unspecified atom stereocenters. The second kappa shape index (κ2) is 3.81. The number of methoxy groups -OCH3 is 1. The summed E-state index contributed by atoms with van der Waals surface area (Å²) < 4.78 is 5.12.